The average molecular weight is 326 g/mol. The number of methoxy groups -OCH3 is 2. The number of halogens is 1. The summed E-state index contributed by atoms with van der Waals surface area (Å²) in [5, 5.41) is 3.51. The summed E-state index contributed by atoms with van der Waals surface area (Å²) >= 11 is 6.17. The van der Waals surface area contributed by atoms with Crippen molar-refractivity contribution in [2.45, 2.75) is 39.2 Å². The van der Waals surface area contributed by atoms with E-state index >= 15 is 0 Å². The molecule has 0 unspecified atom stereocenters. The Morgan fingerprint density at radius 1 is 1.23 bits per heavy atom. The molecule has 0 heterocycles. The molecule has 1 aliphatic rings. The van der Waals surface area contributed by atoms with Gasteiger partial charge in [0.05, 0.1) is 19.2 Å². The van der Waals surface area contributed by atoms with Crippen molar-refractivity contribution in [3.63, 3.8) is 0 Å². The van der Waals surface area contributed by atoms with Gasteiger partial charge in [-0.2, -0.15) is 0 Å². The molecule has 22 heavy (non-hydrogen) atoms. The first-order chi connectivity index (χ1) is 10.5. The van der Waals surface area contributed by atoms with E-state index in [2.05, 4.69) is 19.2 Å². The Labute approximate surface area is 137 Å². The lowest BCUT2D eigenvalue weighted by Crippen LogP contribution is -2.43. The van der Waals surface area contributed by atoms with Crippen LogP contribution in [0.25, 0.3) is 0 Å². The molecule has 0 spiro atoms. The third kappa shape index (κ3) is 3.49. The van der Waals surface area contributed by atoms with Gasteiger partial charge in [0, 0.05) is 11.6 Å². The van der Waals surface area contributed by atoms with Crippen LogP contribution in [0.3, 0.4) is 0 Å². The summed E-state index contributed by atoms with van der Waals surface area (Å²) in [5.41, 5.74) is 0.494. The zero-order valence-electron chi connectivity index (χ0n) is 13.6. The smallest absolute Gasteiger partial charge is 0.251 e. The second-order valence-electron chi connectivity index (χ2n) is 6.04. The summed E-state index contributed by atoms with van der Waals surface area (Å²) in [5.74, 6) is 1.90. The first-order valence-corrected chi connectivity index (χ1v) is 8.08. The van der Waals surface area contributed by atoms with E-state index < -0.39 is 0 Å². The monoisotopic (exact) mass is 325 g/mol. The van der Waals surface area contributed by atoms with Crippen LogP contribution in [0.4, 0.5) is 0 Å². The molecule has 0 radical (unpaired) electrons. The van der Waals surface area contributed by atoms with Gasteiger partial charge in [0.1, 0.15) is 0 Å². The molecule has 1 amide bonds. The van der Waals surface area contributed by atoms with Crippen LogP contribution in [-0.2, 0) is 0 Å². The van der Waals surface area contributed by atoms with E-state index in [1.807, 2.05) is 0 Å². The number of benzene rings is 1. The fourth-order valence-electron chi connectivity index (χ4n) is 3.09. The first kappa shape index (κ1) is 16.9. The second kappa shape index (κ2) is 7.23. The molecule has 4 nitrogen and oxygen atoms in total. The quantitative estimate of drug-likeness (QED) is 0.913. The number of hydrogen-bond donors (Lipinski definition) is 1. The number of amides is 1. The number of carbonyl (C=O) groups excluding carboxylic acids is 1. The van der Waals surface area contributed by atoms with E-state index in [1.165, 1.54) is 20.6 Å². The van der Waals surface area contributed by atoms with Gasteiger partial charge in [0.25, 0.3) is 5.91 Å². The largest absolute Gasteiger partial charge is 0.493 e. The molecular formula is C17H24ClNO3. The Hall–Kier alpha value is -1.42. The zero-order chi connectivity index (χ0) is 16.3. The molecule has 2 rings (SSSR count). The number of nitrogens with one attached hydrogen (secondary N) is 1. The maximum absolute atomic E-state index is 12.5. The van der Waals surface area contributed by atoms with E-state index in [4.69, 9.17) is 21.1 Å². The van der Waals surface area contributed by atoms with E-state index in [0.29, 0.717) is 33.9 Å². The van der Waals surface area contributed by atoms with Crippen LogP contribution in [0, 0.1) is 11.8 Å². The second-order valence-corrected chi connectivity index (χ2v) is 6.45. The van der Waals surface area contributed by atoms with Crippen LogP contribution in [0.1, 0.15) is 43.5 Å². The van der Waals surface area contributed by atoms with Gasteiger partial charge in [-0.3, -0.25) is 4.79 Å². The van der Waals surface area contributed by atoms with Crippen LogP contribution in [0.15, 0.2) is 12.1 Å². The molecule has 1 fully saturated rings. The fourth-order valence-corrected chi connectivity index (χ4v) is 3.37. The lowest BCUT2D eigenvalue weighted by Gasteiger charge is -2.34. The van der Waals surface area contributed by atoms with Crippen LogP contribution in [0.5, 0.6) is 11.5 Å². The minimum absolute atomic E-state index is 0.117. The highest BCUT2D eigenvalue weighted by atomic mass is 35.5. The highest BCUT2D eigenvalue weighted by molar-refractivity contribution is 6.32. The van der Waals surface area contributed by atoms with Crippen LogP contribution >= 0.6 is 11.6 Å². The van der Waals surface area contributed by atoms with Gasteiger partial charge in [-0.15, -0.1) is 0 Å². The lowest BCUT2D eigenvalue weighted by molar-refractivity contribution is 0.0890. The summed E-state index contributed by atoms with van der Waals surface area (Å²) in [6, 6.07) is 3.50. The van der Waals surface area contributed by atoms with E-state index in [0.717, 1.165) is 12.8 Å². The fraction of sp³-hybridized carbons (Fsp3) is 0.588. The van der Waals surface area contributed by atoms with Gasteiger partial charge >= 0.3 is 0 Å². The highest BCUT2D eigenvalue weighted by Crippen LogP contribution is 2.36. The molecular weight excluding hydrogens is 302 g/mol. The molecule has 5 heteroatoms. The summed E-state index contributed by atoms with van der Waals surface area (Å²) < 4.78 is 10.4. The minimum atomic E-state index is -0.117. The number of rotatable bonds is 4. The summed E-state index contributed by atoms with van der Waals surface area (Å²) in [6.45, 7) is 4.45. The molecule has 0 aromatic heterocycles. The molecule has 1 N–H and O–H groups in total. The normalized spacial score (nSPS) is 24.7. The topological polar surface area (TPSA) is 47.6 Å². The predicted octanol–water partition coefficient (Wildman–Crippen LogP) is 3.91. The first-order valence-electron chi connectivity index (χ1n) is 7.70. The van der Waals surface area contributed by atoms with Crippen molar-refractivity contribution in [3.05, 3.63) is 22.7 Å². The molecule has 1 aliphatic carbocycles. The number of hydrogen-bond acceptors (Lipinski definition) is 3. The van der Waals surface area contributed by atoms with Crippen molar-refractivity contribution >= 4 is 17.5 Å². The van der Waals surface area contributed by atoms with Gasteiger partial charge < -0.3 is 14.8 Å². The Bertz CT molecular complexity index is 547. The van der Waals surface area contributed by atoms with Gasteiger partial charge in [0.15, 0.2) is 11.5 Å². The van der Waals surface area contributed by atoms with Crippen molar-refractivity contribution in [2.24, 2.45) is 11.8 Å². The van der Waals surface area contributed by atoms with Crippen molar-refractivity contribution in [2.75, 3.05) is 14.2 Å². The summed E-state index contributed by atoms with van der Waals surface area (Å²) in [7, 11) is 3.05. The SMILES string of the molecule is COc1cc(C(=O)N[C@@H]2CCC[C@@H](C)[C@H]2C)cc(Cl)c1OC. The average Bonchev–Trinajstić information content (AvgIpc) is 2.50. The zero-order valence-corrected chi connectivity index (χ0v) is 14.4. The number of ether oxygens (including phenoxy) is 2. The van der Waals surface area contributed by atoms with Crippen molar-refractivity contribution in [1.29, 1.82) is 0 Å². The van der Waals surface area contributed by atoms with Gasteiger partial charge in [0.2, 0.25) is 0 Å². The standard InChI is InChI=1S/C17H24ClNO3/c1-10-6-5-7-14(11(10)2)19-17(20)12-8-13(18)16(22-4)15(9-12)21-3/h8-11,14H,5-7H2,1-4H3,(H,19,20)/t10-,11-,14-/m1/s1. The molecule has 3 atom stereocenters. The highest BCUT2D eigenvalue weighted by Gasteiger charge is 2.28. The van der Waals surface area contributed by atoms with Gasteiger partial charge in [-0.1, -0.05) is 38.3 Å². The Morgan fingerprint density at radius 3 is 2.59 bits per heavy atom. The third-order valence-electron chi connectivity index (χ3n) is 4.72. The van der Waals surface area contributed by atoms with Crippen LogP contribution in [-0.4, -0.2) is 26.2 Å². The van der Waals surface area contributed by atoms with E-state index in [1.54, 1.807) is 12.1 Å². The lowest BCUT2D eigenvalue weighted by atomic mass is 9.78. The van der Waals surface area contributed by atoms with Crippen LogP contribution in [0.2, 0.25) is 5.02 Å². The van der Waals surface area contributed by atoms with Crippen LogP contribution < -0.4 is 14.8 Å². The maximum atomic E-state index is 12.5. The summed E-state index contributed by atoms with van der Waals surface area (Å²) in [4.78, 5) is 12.5. The Kier molecular flexibility index (Phi) is 5.57. The minimum Gasteiger partial charge on any atom is -0.493 e. The van der Waals surface area contributed by atoms with Crippen molar-refractivity contribution in [1.82, 2.24) is 5.32 Å². The van der Waals surface area contributed by atoms with Crippen molar-refractivity contribution in [3.8, 4) is 11.5 Å². The summed E-state index contributed by atoms with van der Waals surface area (Å²) in [6.07, 6.45) is 3.41. The molecule has 0 bridgehead atoms. The number of carbonyl (C=O) groups is 1. The predicted molar refractivity (Wildman–Crippen MR) is 88.0 cm³/mol. The molecule has 1 aromatic rings. The molecule has 0 aliphatic heterocycles. The van der Waals surface area contributed by atoms with E-state index in [-0.39, 0.29) is 11.9 Å². The van der Waals surface area contributed by atoms with Crippen molar-refractivity contribution < 1.29 is 14.3 Å². The van der Waals surface area contributed by atoms with Gasteiger partial charge in [-0.05, 0) is 30.4 Å². The molecule has 1 saturated carbocycles. The molecule has 1 aromatic carbocycles. The molecule has 0 saturated heterocycles. The van der Waals surface area contributed by atoms with Gasteiger partial charge in [-0.25, -0.2) is 0 Å². The maximum Gasteiger partial charge on any atom is 0.251 e. The van der Waals surface area contributed by atoms with E-state index in [9.17, 15) is 4.79 Å². The Balaban J connectivity index is 2.17. The Morgan fingerprint density at radius 2 is 1.95 bits per heavy atom. The molecule has 122 valence electrons. The third-order valence-corrected chi connectivity index (χ3v) is 5.00.